The Balaban J connectivity index is 1.95. The molecule has 1 saturated heterocycles. The minimum Gasteiger partial charge on any atom is -0.481 e. The SMILES string of the molecule is Cc1ccc(-c2nc(N3CCCCCC3)sc2CC(=O)O)cc1. The summed E-state index contributed by atoms with van der Waals surface area (Å²) in [6.45, 7) is 4.09. The van der Waals surface area contributed by atoms with Gasteiger partial charge in [0.2, 0.25) is 0 Å². The molecule has 1 aliphatic heterocycles. The molecule has 0 unspecified atom stereocenters. The van der Waals surface area contributed by atoms with Crippen LogP contribution in [-0.2, 0) is 11.2 Å². The molecule has 0 aliphatic carbocycles. The number of benzene rings is 1. The van der Waals surface area contributed by atoms with E-state index in [1.54, 1.807) is 0 Å². The van der Waals surface area contributed by atoms with Gasteiger partial charge in [-0.2, -0.15) is 0 Å². The molecule has 122 valence electrons. The molecule has 1 aromatic heterocycles. The molecule has 2 heterocycles. The van der Waals surface area contributed by atoms with Crippen LogP contribution >= 0.6 is 11.3 Å². The van der Waals surface area contributed by atoms with Gasteiger partial charge in [-0.15, -0.1) is 11.3 Å². The van der Waals surface area contributed by atoms with Gasteiger partial charge in [0.05, 0.1) is 12.1 Å². The first kappa shape index (κ1) is 16.0. The lowest BCUT2D eigenvalue weighted by molar-refractivity contribution is -0.136. The number of aryl methyl sites for hydroxylation is 1. The van der Waals surface area contributed by atoms with Crippen molar-refractivity contribution in [3.8, 4) is 11.3 Å². The molecule has 0 bridgehead atoms. The van der Waals surface area contributed by atoms with Gasteiger partial charge in [0.1, 0.15) is 0 Å². The van der Waals surface area contributed by atoms with E-state index in [4.69, 9.17) is 4.98 Å². The summed E-state index contributed by atoms with van der Waals surface area (Å²) in [6.07, 6.45) is 4.96. The zero-order valence-corrected chi connectivity index (χ0v) is 14.2. The van der Waals surface area contributed by atoms with E-state index in [0.29, 0.717) is 0 Å². The van der Waals surface area contributed by atoms with Crippen LogP contribution < -0.4 is 4.90 Å². The summed E-state index contributed by atoms with van der Waals surface area (Å²) in [5.74, 6) is -0.801. The molecule has 1 aliphatic rings. The van der Waals surface area contributed by atoms with E-state index in [1.807, 2.05) is 31.2 Å². The second kappa shape index (κ2) is 7.13. The average molecular weight is 330 g/mol. The van der Waals surface area contributed by atoms with E-state index in [-0.39, 0.29) is 6.42 Å². The number of carbonyl (C=O) groups is 1. The number of aliphatic carboxylic acids is 1. The van der Waals surface area contributed by atoms with Crippen LogP contribution in [0.1, 0.15) is 36.1 Å². The maximum absolute atomic E-state index is 11.2. The predicted molar refractivity (Wildman–Crippen MR) is 94.3 cm³/mol. The number of carboxylic acids is 1. The number of hydrogen-bond acceptors (Lipinski definition) is 4. The standard InChI is InChI=1S/C18H22N2O2S/c1-13-6-8-14(9-7-13)17-15(12-16(21)22)23-18(19-17)20-10-4-2-3-5-11-20/h6-9H,2-5,10-12H2,1H3,(H,21,22). The zero-order valence-electron chi connectivity index (χ0n) is 13.4. The molecule has 0 saturated carbocycles. The monoisotopic (exact) mass is 330 g/mol. The highest BCUT2D eigenvalue weighted by Gasteiger charge is 2.20. The van der Waals surface area contributed by atoms with Gasteiger partial charge in [0.15, 0.2) is 5.13 Å². The van der Waals surface area contributed by atoms with Crippen LogP contribution in [0.3, 0.4) is 0 Å². The van der Waals surface area contributed by atoms with Gasteiger partial charge in [-0.1, -0.05) is 42.7 Å². The molecular weight excluding hydrogens is 308 g/mol. The Labute approximate surface area is 140 Å². The highest BCUT2D eigenvalue weighted by Crippen LogP contribution is 2.34. The molecule has 0 spiro atoms. The highest BCUT2D eigenvalue weighted by molar-refractivity contribution is 7.16. The van der Waals surface area contributed by atoms with Crippen molar-refractivity contribution in [2.24, 2.45) is 0 Å². The Bertz CT molecular complexity index is 671. The lowest BCUT2D eigenvalue weighted by Gasteiger charge is -2.18. The molecule has 0 atom stereocenters. The predicted octanol–water partition coefficient (Wildman–Crippen LogP) is 4.13. The molecule has 2 aromatic rings. The molecule has 3 rings (SSSR count). The second-order valence-electron chi connectivity index (χ2n) is 6.11. The number of nitrogens with zero attached hydrogens (tertiary/aromatic N) is 2. The van der Waals surface area contributed by atoms with Gasteiger partial charge >= 0.3 is 5.97 Å². The van der Waals surface area contributed by atoms with Gasteiger partial charge in [-0.05, 0) is 19.8 Å². The fourth-order valence-electron chi connectivity index (χ4n) is 2.93. The quantitative estimate of drug-likeness (QED) is 0.916. The Kier molecular flexibility index (Phi) is 4.96. The van der Waals surface area contributed by atoms with Crippen molar-refractivity contribution in [2.75, 3.05) is 18.0 Å². The van der Waals surface area contributed by atoms with Gasteiger partial charge in [-0.3, -0.25) is 4.79 Å². The summed E-state index contributed by atoms with van der Waals surface area (Å²) >= 11 is 1.54. The first-order valence-electron chi connectivity index (χ1n) is 8.17. The summed E-state index contributed by atoms with van der Waals surface area (Å²) in [4.78, 5) is 19.2. The number of anilines is 1. The van der Waals surface area contributed by atoms with Crippen LogP contribution in [0.25, 0.3) is 11.3 Å². The normalized spacial score (nSPS) is 15.4. The first-order valence-corrected chi connectivity index (χ1v) is 8.98. The first-order chi connectivity index (χ1) is 11.1. The fourth-order valence-corrected chi connectivity index (χ4v) is 4.06. The van der Waals surface area contributed by atoms with Crippen LogP contribution in [0.4, 0.5) is 5.13 Å². The maximum Gasteiger partial charge on any atom is 0.308 e. The van der Waals surface area contributed by atoms with Crippen LogP contribution in [0.2, 0.25) is 0 Å². The van der Waals surface area contributed by atoms with Gasteiger partial charge < -0.3 is 10.0 Å². The Morgan fingerprint density at radius 3 is 2.43 bits per heavy atom. The third kappa shape index (κ3) is 3.91. The molecule has 4 nitrogen and oxygen atoms in total. The minimum absolute atomic E-state index is 0.0364. The van der Waals surface area contributed by atoms with E-state index in [1.165, 1.54) is 42.6 Å². The van der Waals surface area contributed by atoms with Crippen molar-refractivity contribution < 1.29 is 9.90 Å². The topological polar surface area (TPSA) is 53.4 Å². The van der Waals surface area contributed by atoms with Crippen molar-refractivity contribution >= 4 is 22.4 Å². The second-order valence-corrected chi connectivity index (χ2v) is 7.17. The van der Waals surface area contributed by atoms with E-state index in [2.05, 4.69) is 4.90 Å². The number of rotatable bonds is 4. The Morgan fingerprint density at radius 2 is 1.83 bits per heavy atom. The number of hydrogen-bond donors (Lipinski definition) is 1. The lowest BCUT2D eigenvalue weighted by Crippen LogP contribution is -2.23. The highest BCUT2D eigenvalue weighted by atomic mass is 32.1. The van der Waals surface area contributed by atoms with Crippen LogP contribution in [0, 0.1) is 6.92 Å². The molecule has 1 N–H and O–H groups in total. The van der Waals surface area contributed by atoms with Crippen molar-refractivity contribution in [3.05, 3.63) is 34.7 Å². The Morgan fingerprint density at radius 1 is 1.17 bits per heavy atom. The minimum atomic E-state index is -0.801. The molecule has 5 heteroatoms. The van der Waals surface area contributed by atoms with Crippen LogP contribution in [0.5, 0.6) is 0 Å². The largest absolute Gasteiger partial charge is 0.481 e. The van der Waals surface area contributed by atoms with Crippen molar-refractivity contribution in [1.29, 1.82) is 0 Å². The van der Waals surface area contributed by atoms with Crippen molar-refractivity contribution in [3.63, 3.8) is 0 Å². The van der Waals surface area contributed by atoms with Gasteiger partial charge in [-0.25, -0.2) is 4.98 Å². The fraction of sp³-hybridized carbons (Fsp3) is 0.444. The molecule has 23 heavy (non-hydrogen) atoms. The molecule has 0 amide bonds. The number of aromatic nitrogens is 1. The third-order valence-electron chi connectivity index (χ3n) is 4.20. The Hall–Kier alpha value is -1.88. The lowest BCUT2D eigenvalue weighted by atomic mass is 10.1. The molecule has 1 fully saturated rings. The zero-order chi connectivity index (χ0) is 16.2. The van der Waals surface area contributed by atoms with Crippen molar-refractivity contribution in [2.45, 2.75) is 39.0 Å². The number of thiazole rings is 1. The summed E-state index contributed by atoms with van der Waals surface area (Å²) in [7, 11) is 0. The smallest absolute Gasteiger partial charge is 0.308 e. The third-order valence-corrected chi connectivity index (χ3v) is 5.32. The summed E-state index contributed by atoms with van der Waals surface area (Å²) in [5.41, 5.74) is 3.03. The van der Waals surface area contributed by atoms with E-state index >= 15 is 0 Å². The maximum atomic E-state index is 11.2. The molecular formula is C18H22N2O2S. The van der Waals surface area contributed by atoms with E-state index in [9.17, 15) is 9.90 Å². The van der Waals surface area contributed by atoms with E-state index in [0.717, 1.165) is 34.4 Å². The molecule has 1 aromatic carbocycles. The molecule has 0 radical (unpaired) electrons. The van der Waals surface area contributed by atoms with Crippen LogP contribution in [-0.4, -0.2) is 29.1 Å². The van der Waals surface area contributed by atoms with Crippen molar-refractivity contribution in [1.82, 2.24) is 4.98 Å². The summed E-state index contributed by atoms with van der Waals surface area (Å²) < 4.78 is 0. The van der Waals surface area contributed by atoms with Gasteiger partial charge in [0.25, 0.3) is 0 Å². The van der Waals surface area contributed by atoms with E-state index < -0.39 is 5.97 Å². The number of carboxylic acid groups (broad SMARTS) is 1. The summed E-state index contributed by atoms with van der Waals surface area (Å²) in [6, 6.07) is 8.15. The van der Waals surface area contributed by atoms with Gasteiger partial charge in [0, 0.05) is 23.5 Å². The average Bonchev–Trinajstić information content (AvgIpc) is 2.75. The van der Waals surface area contributed by atoms with Crippen LogP contribution in [0.15, 0.2) is 24.3 Å². The summed E-state index contributed by atoms with van der Waals surface area (Å²) in [5, 5.41) is 10.2.